The number of aromatic amines is 1. The lowest BCUT2D eigenvalue weighted by molar-refractivity contribution is 0.159. The van der Waals surface area contributed by atoms with Crippen LogP contribution in [0.4, 0.5) is 0 Å². The van der Waals surface area contributed by atoms with Crippen LogP contribution in [0.1, 0.15) is 18.2 Å². The van der Waals surface area contributed by atoms with Crippen molar-refractivity contribution in [2.75, 3.05) is 6.54 Å². The molecule has 0 amide bonds. The van der Waals surface area contributed by atoms with Crippen molar-refractivity contribution in [1.82, 2.24) is 15.5 Å². The minimum atomic E-state index is -0.293. The Bertz CT molecular complexity index is 450. The van der Waals surface area contributed by atoms with Gasteiger partial charge in [-0.2, -0.15) is 5.10 Å². The quantitative estimate of drug-likeness (QED) is 0.657. The number of aromatic nitrogens is 2. The second-order valence-electron chi connectivity index (χ2n) is 3.56. The molecule has 5 heteroatoms. The minimum absolute atomic E-state index is 0.0228. The van der Waals surface area contributed by atoms with Crippen molar-refractivity contribution >= 4 is 21.6 Å². The van der Waals surface area contributed by atoms with Crippen LogP contribution in [0, 0.1) is 0 Å². The fourth-order valence-electron chi connectivity index (χ4n) is 1.99. The maximum atomic E-state index is 9.75. The normalized spacial score (nSPS) is 27.5. The maximum absolute atomic E-state index is 9.75. The van der Waals surface area contributed by atoms with E-state index in [9.17, 15) is 5.11 Å². The molecule has 3 heterocycles. The van der Waals surface area contributed by atoms with E-state index in [-0.39, 0.29) is 12.1 Å². The van der Waals surface area contributed by atoms with Crippen LogP contribution in [0.2, 0.25) is 0 Å². The number of fused-ring (bicyclic) bond motifs is 1. The van der Waals surface area contributed by atoms with Crippen molar-refractivity contribution in [2.24, 2.45) is 0 Å². The van der Waals surface area contributed by atoms with Gasteiger partial charge in [0.1, 0.15) is 4.83 Å². The van der Waals surface area contributed by atoms with Crippen LogP contribution in [-0.2, 0) is 0 Å². The molecule has 2 unspecified atom stereocenters. The standard InChI is InChI=1S/C9H11N3OS/c13-6-1-3-10-8(6)7-5-2-4-14-9(5)12-11-7/h2,4,6,8,10,13H,1,3H2,(H,11,12). The summed E-state index contributed by atoms with van der Waals surface area (Å²) in [4.78, 5) is 1.01. The van der Waals surface area contributed by atoms with E-state index in [1.54, 1.807) is 11.3 Å². The lowest BCUT2D eigenvalue weighted by Crippen LogP contribution is -2.21. The molecule has 3 N–H and O–H groups in total. The van der Waals surface area contributed by atoms with Crippen LogP contribution in [-0.4, -0.2) is 28.0 Å². The number of thiophene rings is 1. The molecule has 0 aromatic carbocycles. The number of nitrogens with zero attached hydrogens (tertiary/aromatic N) is 1. The molecule has 0 bridgehead atoms. The van der Waals surface area contributed by atoms with Crippen LogP contribution in [0.5, 0.6) is 0 Å². The van der Waals surface area contributed by atoms with Gasteiger partial charge in [0.15, 0.2) is 0 Å². The first-order valence-corrected chi connectivity index (χ1v) is 5.57. The molecule has 0 radical (unpaired) electrons. The largest absolute Gasteiger partial charge is 0.391 e. The number of aliphatic hydroxyl groups excluding tert-OH is 1. The molecule has 1 saturated heterocycles. The highest BCUT2D eigenvalue weighted by Gasteiger charge is 2.29. The molecule has 0 aliphatic carbocycles. The zero-order valence-corrected chi connectivity index (χ0v) is 8.34. The van der Waals surface area contributed by atoms with Gasteiger partial charge in [-0.25, -0.2) is 0 Å². The lowest BCUT2D eigenvalue weighted by atomic mass is 10.1. The molecule has 74 valence electrons. The summed E-state index contributed by atoms with van der Waals surface area (Å²) < 4.78 is 0. The first kappa shape index (κ1) is 8.40. The summed E-state index contributed by atoms with van der Waals surface area (Å²) in [5.41, 5.74) is 1.02. The van der Waals surface area contributed by atoms with Gasteiger partial charge in [0.05, 0.1) is 17.8 Å². The van der Waals surface area contributed by atoms with E-state index >= 15 is 0 Å². The summed E-state index contributed by atoms with van der Waals surface area (Å²) in [7, 11) is 0. The Morgan fingerprint density at radius 3 is 3.29 bits per heavy atom. The van der Waals surface area contributed by atoms with E-state index in [0.29, 0.717) is 0 Å². The Hall–Kier alpha value is -0.910. The highest BCUT2D eigenvalue weighted by molar-refractivity contribution is 7.16. The van der Waals surface area contributed by atoms with Gasteiger partial charge in [0.25, 0.3) is 0 Å². The number of hydrogen-bond donors (Lipinski definition) is 3. The molecule has 2 aromatic rings. The maximum Gasteiger partial charge on any atom is 0.145 e. The lowest BCUT2D eigenvalue weighted by Gasteiger charge is -2.12. The van der Waals surface area contributed by atoms with Gasteiger partial charge in [0, 0.05) is 5.39 Å². The molecule has 14 heavy (non-hydrogen) atoms. The van der Waals surface area contributed by atoms with Gasteiger partial charge in [-0.05, 0) is 24.4 Å². The van der Waals surface area contributed by atoms with Crippen molar-refractivity contribution in [3.63, 3.8) is 0 Å². The molecule has 2 atom stereocenters. The molecular weight excluding hydrogens is 198 g/mol. The first-order chi connectivity index (χ1) is 6.86. The fraction of sp³-hybridized carbons (Fsp3) is 0.444. The van der Waals surface area contributed by atoms with Crippen molar-refractivity contribution in [2.45, 2.75) is 18.6 Å². The Labute approximate surface area is 84.9 Å². The molecule has 1 aliphatic rings. The third-order valence-electron chi connectivity index (χ3n) is 2.71. The Morgan fingerprint density at radius 2 is 2.50 bits per heavy atom. The van der Waals surface area contributed by atoms with E-state index < -0.39 is 0 Å². The average Bonchev–Trinajstić information content (AvgIpc) is 2.78. The topological polar surface area (TPSA) is 60.9 Å². The molecule has 4 nitrogen and oxygen atoms in total. The average molecular weight is 209 g/mol. The number of aliphatic hydroxyl groups is 1. The minimum Gasteiger partial charge on any atom is -0.391 e. The number of rotatable bonds is 1. The summed E-state index contributed by atoms with van der Waals surface area (Å²) in [6.07, 6.45) is 0.522. The predicted octanol–water partition coefficient (Wildman–Crippen LogP) is 1.02. The third-order valence-corrected chi connectivity index (χ3v) is 3.52. The molecule has 2 aromatic heterocycles. The van der Waals surface area contributed by atoms with E-state index in [1.807, 2.05) is 11.4 Å². The smallest absolute Gasteiger partial charge is 0.145 e. The first-order valence-electron chi connectivity index (χ1n) is 4.69. The second kappa shape index (κ2) is 3.05. The highest BCUT2D eigenvalue weighted by Crippen LogP contribution is 2.30. The van der Waals surface area contributed by atoms with Gasteiger partial charge < -0.3 is 10.4 Å². The summed E-state index contributed by atoms with van der Waals surface area (Å²) in [6, 6.07) is 2.07. The van der Waals surface area contributed by atoms with E-state index in [1.165, 1.54) is 0 Å². The monoisotopic (exact) mass is 209 g/mol. The van der Waals surface area contributed by atoms with Crippen molar-refractivity contribution < 1.29 is 5.11 Å². The number of hydrogen-bond acceptors (Lipinski definition) is 4. The third kappa shape index (κ3) is 1.10. The molecular formula is C9H11N3OS. The summed E-state index contributed by atoms with van der Waals surface area (Å²) in [5, 5.41) is 23.4. The van der Waals surface area contributed by atoms with E-state index in [2.05, 4.69) is 15.5 Å². The van der Waals surface area contributed by atoms with Gasteiger partial charge in [-0.1, -0.05) is 0 Å². The van der Waals surface area contributed by atoms with E-state index in [4.69, 9.17) is 0 Å². The Kier molecular flexibility index (Phi) is 1.83. The zero-order chi connectivity index (χ0) is 9.54. The van der Waals surface area contributed by atoms with Gasteiger partial charge in [-0.3, -0.25) is 5.10 Å². The van der Waals surface area contributed by atoms with Gasteiger partial charge >= 0.3 is 0 Å². The van der Waals surface area contributed by atoms with Gasteiger partial charge in [0.2, 0.25) is 0 Å². The van der Waals surface area contributed by atoms with Crippen LogP contribution < -0.4 is 5.32 Å². The molecule has 3 rings (SSSR count). The summed E-state index contributed by atoms with van der Waals surface area (Å²) in [5.74, 6) is 0. The molecule has 0 saturated carbocycles. The van der Waals surface area contributed by atoms with Crippen LogP contribution in [0.3, 0.4) is 0 Å². The zero-order valence-electron chi connectivity index (χ0n) is 7.53. The molecule has 0 spiro atoms. The summed E-state index contributed by atoms with van der Waals surface area (Å²) in [6.45, 7) is 0.872. The number of H-pyrrole nitrogens is 1. The fourth-order valence-corrected chi connectivity index (χ4v) is 2.72. The predicted molar refractivity (Wildman–Crippen MR) is 55.3 cm³/mol. The van der Waals surface area contributed by atoms with Crippen molar-refractivity contribution in [1.29, 1.82) is 0 Å². The Morgan fingerprint density at radius 1 is 1.57 bits per heavy atom. The van der Waals surface area contributed by atoms with Crippen LogP contribution in [0.25, 0.3) is 10.2 Å². The molecule has 1 fully saturated rings. The van der Waals surface area contributed by atoms with Crippen molar-refractivity contribution in [3.05, 3.63) is 17.1 Å². The number of nitrogens with one attached hydrogen (secondary N) is 2. The summed E-state index contributed by atoms with van der Waals surface area (Å²) >= 11 is 1.62. The van der Waals surface area contributed by atoms with E-state index in [0.717, 1.165) is 28.9 Å². The van der Waals surface area contributed by atoms with Gasteiger partial charge in [-0.15, -0.1) is 11.3 Å². The van der Waals surface area contributed by atoms with Crippen molar-refractivity contribution in [3.8, 4) is 0 Å². The van der Waals surface area contributed by atoms with Crippen LogP contribution >= 0.6 is 11.3 Å². The molecule has 1 aliphatic heterocycles. The second-order valence-corrected chi connectivity index (χ2v) is 4.46. The van der Waals surface area contributed by atoms with Crippen LogP contribution in [0.15, 0.2) is 11.4 Å². The Balaban J connectivity index is 2.08. The SMILES string of the molecule is OC1CCNC1c1[nH]nc2sccc12. The highest BCUT2D eigenvalue weighted by atomic mass is 32.1.